The maximum Gasteiger partial charge on any atom is 0.305 e. The molecule has 2 unspecified atom stereocenters. The Morgan fingerprint density at radius 1 is 0.590 bits per heavy atom. The molecule has 14 radical (unpaired) electrons. The number of nitrogens with one attached hydrogen (secondary N) is 1. The number of hydrogen-bond donors (Lipinski definition) is 1. The Balaban J connectivity index is 1.85. The zero-order chi connectivity index (χ0) is 27.9. The summed E-state index contributed by atoms with van der Waals surface area (Å²) in [6.07, 6.45) is 0.890. The molecule has 39 heavy (non-hydrogen) atoms. The highest BCUT2D eigenvalue weighted by Gasteiger charge is 2.52. The third-order valence-electron chi connectivity index (χ3n) is 7.88. The predicted octanol–water partition coefficient (Wildman–Crippen LogP) is 3.15. The van der Waals surface area contributed by atoms with Gasteiger partial charge in [-0.25, -0.2) is 0 Å². The minimum atomic E-state index is -0.361. The molecule has 4 aromatic rings. The molecule has 0 amide bonds. The third kappa shape index (κ3) is 5.63. The first-order chi connectivity index (χ1) is 18.6. The number of benzene rings is 4. The number of anilines is 4. The van der Waals surface area contributed by atoms with Gasteiger partial charge in [0, 0.05) is 16.5 Å². The molecule has 4 nitrogen and oxygen atoms in total. The monoisotopic (exact) mass is 602 g/mol. The van der Waals surface area contributed by atoms with Crippen LogP contribution in [0.5, 0.6) is 0 Å². The van der Waals surface area contributed by atoms with Crippen molar-refractivity contribution in [1.82, 2.24) is 0 Å². The van der Waals surface area contributed by atoms with E-state index in [4.69, 9.17) is 0 Å². The van der Waals surface area contributed by atoms with Crippen molar-refractivity contribution >= 4 is 138 Å². The molecule has 4 aromatic carbocycles. The summed E-state index contributed by atoms with van der Waals surface area (Å²) in [6.45, 7) is 2.40. The standard InChI is InChI=1S/C28H21N4.7Al/c1-27(19-11-21(29)15-22(30)12-19)17-28(18-7-3-2-4-8-18,26-10-6-5-9-25(26)27)20-13-23(31)16-24(32)14-20;;;;;;;/h2-16,29H,17H2,1H3;;;;;;;/q-1;;;;;;;+1. The van der Waals surface area contributed by atoms with Crippen LogP contribution in [0.15, 0.2) is 91.0 Å². The van der Waals surface area contributed by atoms with Gasteiger partial charge < -0.3 is 12.9 Å². The summed E-state index contributed by atoms with van der Waals surface area (Å²) in [5, 5.41) is 0. The molecular formula is C28H21Al7N4. The number of hydrogen-bond acceptors (Lipinski definition) is 4. The van der Waals surface area contributed by atoms with Gasteiger partial charge in [-0.15, -0.1) is 0 Å². The van der Waals surface area contributed by atoms with Crippen molar-refractivity contribution in [2.75, 3.05) is 12.9 Å². The molecule has 0 heterocycles. The zero-order valence-electron chi connectivity index (χ0n) is 21.8. The van der Waals surface area contributed by atoms with Crippen LogP contribution in [-0.2, 0) is 10.8 Å². The highest BCUT2D eigenvalue weighted by atomic mass is 27.1. The molecule has 11 heteroatoms. The summed E-state index contributed by atoms with van der Waals surface area (Å²) < 4.78 is 9.36. The first kappa shape index (κ1) is 30.3. The van der Waals surface area contributed by atoms with E-state index in [0.29, 0.717) is 0 Å². The van der Waals surface area contributed by atoms with Crippen molar-refractivity contribution in [3.8, 4) is 0 Å². The molecule has 0 bridgehead atoms. The average molecular weight is 602 g/mol. The predicted molar refractivity (Wildman–Crippen MR) is 168 cm³/mol. The molecule has 0 fully saturated rings. The molecule has 174 valence electrons. The van der Waals surface area contributed by atoms with Crippen molar-refractivity contribution in [2.45, 2.75) is 24.2 Å². The second-order valence-corrected chi connectivity index (χ2v) is 15.6. The van der Waals surface area contributed by atoms with E-state index in [1.165, 1.54) is 27.8 Å². The average Bonchev–Trinajstić information content (AvgIpc) is 3.23. The normalized spacial score (nSPS) is 19.7. The lowest BCUT2D eigenvalue weighted by Gasteiger charge is -2.37. The van der Waals surface area contributed by atoms with E-state index in [2.05, 4.69) is 218 Å². The van der Waals surface area contributed by atoms with Crippen molar-refractivity contribution in [2.24, 2.45) is 0 Å². The van der Waals surface area contributed by atoms with Gasteiger partial charge in [-0.1, -0.05) is 61.5 Å². The second kappa shape index (κ2) is 12.2. The zero-order valence-corrected chi connectivity index (χ0v) is 29.8. The number of fused-ring (bicyclic) bond motifs is 1. The number of rotatable bonds is 7. The molecule has 0 aromatic heterocycles. The summed E-state index contributed by atoms with van der Waals surface area (Å²) in [5.41, 5.74) is 10.3. The summed E-state index contributed by atoms with van der Waals surface area (Å²) in [7, 11) is 0. The Bertz CT molecular complexity index is 1470. The maximum absolute atomic E-state index is 3.30. The lowest BCUT2D eigenvalue weighted by atomic mass is 9.67. The fourth-order valence-corrected chi connectivity index (χ4v) is 7.08. The fraction of sp³-hybridized carbons (Fsp3) is 0.143. The van der Waals surface area contributed by atoms with Gasteiger partial charge in [0.2, 0.25) is 0 Å². The first-order valence-electron chi connectivity index (χ1n) is 12.4. The molecular weight excluding hydrogens is 581 g/mol. The minimum Gasteiger partial charge on any atom is -0.587 e. The van der Waals surface area contributed by atoms with Gasteiger partial charge in [-0.3, -0.25) is 0 Å². The van der Waals surface area contributed by atoms with E-state index in [0.717, 1.165) is 29.2 Å². The molecule has 1 N–H and O–H groups in total. The van der Waals surface area contributed by atoms with Crippen LogP contribution in [0.4, 0.5) is 22.7 Å². The van der Waals surface area contributed by atoms with Gasteiger partial charge >= 0.3 is 16.5 Å². The number of nitrogens with zero attached hydrogens (tertiary/aromatic N) is 3. The van der Waals surface area contributed by atoms with Gasteiger partial charge in [0.15, 0.2) is 0 Å². The Morgan fingerprint density at radius 2 is 1.10 bits per heavy atom. The Labute approximate surface area is 291 Å². The van der Waals surface area contributed by atoms with Crippen LogP contribution < -0.4 is 12.9 Å². The summed E-state index contributed by atoms with van der Waals surface area (Å²) >= 11 is 19.3. The Kier molecular flexibility index (Phi) is 9.47. The summed E-state index contributed by atoms with van der Waals surface area (Å²) in [4.78, 5) is 0. The highest BCUT2D eigenvalue weighted by Crippen LogP contribution is 2.59. The van der Waals surface area contributed by atoms with Crippen LogP contribution in [0.2, 0.25) is 0 Å². The second-order valence-electron chi connectivity index (χ2n) is 10.2. The third-order valence-corrected chi connectivity index (χ3v) is 10.0. The van der Waals surface area contributed by atoms with E-state index in [1.807, 2.05) is 8.60 Å². The fourth-order valence-electron chi connectivity index (χ4n) is 6.02. The minimum absolute atomic E-state index is 0.247. The van der Waals surface area contributed by atoms with Gasteiger partial charge in [-0.2, -0.15) is 0 Å². The van der Waals surface area contributed by atoms with E-state index >= 15 is 0 Å². The Morgan fingerprint density at radius 3 is 1.67 bits per heavy atom. The van der Waals surface area contributed by atoms with Crippen LogP contribution in [0, 0.1) is 0 Å². The van der Waals surface area contributed by atoms with E-state index in [1.54, 1.807) is 0 Å². The molecule has 1 aliphatic rings. The SMILES string of the molecule is CC1(c2cc([NH][Al])cc([N]([Al])[Al])c2)CC(c2ccccc2)(c2cc([N]([Al])[Al])cc([N]([Al])[Al])c2)c2ccccc21. The van der Waals surface area contributed by atoms with Gasteiger partial charge in [0.05, 0.1) is 0 Å². The van der Waals surface area contributed by atoms with Crippen LogP contribution in [-0.4, -0.2) is 116 Å². The molecule has 0 aliphatic heterocycles. The van der Waals surface area contributed by atoms with Crippen molar-refractivity contribution in [1.29, 1.82) is 0 Å². The Hall–Kier alpha value is -0.193. The van der Waals surface area contributed by atoms with Gasteiger partial charge in [0.25, 0.3) is 99.1 Å². The van der Waals surface area contributed by atoms with Crippen molar-refractivity contribution < 1.29 is 0 Å². The molecule has 0 spiro atoms. The quantitative estimate of drug-likeness (QED) is 0.329. The lowest BCUT2D eigenvalue weighted by molar-refractivity contribution is 0.473. The highest BCUT2D eigenvalue weighted by molar-refractivity contribution is 6.43. The first-order valence-corrected chi connectivity index (χ1v) is 16.1. The van der Waals surface area contributed by atoms with Crippen molar-refractivity contribution in [3.63, 3.8) is 0 Å². The van der Waals surface area contributed by atoms with E-state index in [-0.39, 0.29) is 10.8 Å². The topological polar surface area (TPSA) is 21.8 Å². The molecule has 1 aliphatic carbocycles. The molecule has 5 rings (SSSR count). The van der Waals surface area contributed by atoms with Gasteiger partial charge in [-0.05, 0) is 87.7 Å². The van der Waals surface area contributed by atoms with Crippen LogP contribution >= 0.6 is 0 Å². The van der Waals surface area contributed by atoms with Crippen molar-refractivity contribution in [3.05, 3.63) is 119 Å². The lowest BCUT2D eigenvalue weighted by Crippen LogP contribution is -2.31. The maximum atomic E-state index is 3.30. The van der Waals surface area contributed by atoms with E-state index < -0.39 is 0 Å². The summed E-state index contributed by atoms with van der Waals surface area (Å²) in [6, 6.07) is 33.6. The van der Waals surface area contributed by atoms with Crippen LogP contribution in [0.25, 0.3) is 0 Å². The summed E-state index contributed by atoms with van der Waals surface area (Å²) in [5.74, 6) is 0. The van der Waals surface area contributed by atoms with Crippen LogP contribution in [0.3, 0.4) is 0 Å². The smallest absolute Gasteiger partial charge is 0.305 e. The molecule has 0 saturated heterocycles. The van der Waals surface area contributed by atoms with E-state index in [9.17, 15) is 0 Å². The van der Waals surface area contributed by atoms with Gasteiger partial charge in [0.1, 0.15) is 0 Å². The molecule has 2 atom stereocenters. The van der Waals surface area contributed by atoms with Crippen LogP contribution in [0.1, 0.15) is 41.2 Å². The molecule has 0 saturated carbocycles. The largest absolute Gasteiger partial charge is 0.587 e.